The molecule has 3 rings (SSSR count). The monoisotopic (exact) mass is 286 g/mol. The molecule has 2 aromatic carbocycles. The van der Waals surface area contributed by atoms with Gasteiger partial charge in [0.2, 0.25) is 0 Å². The summed E-state index contributed by atoms with van der Waals surface area (Å²) < 4.78 is 0. The third-order valence-electron chi connectivity index (χ3n) is 4.48. The number of rotatable bonds is 5. The van der Waals surface area contributed by atoms with E-state index in [0.717, 1.165) is 12.8 Å². The smallest absolute Gasteiger partial charge is 0.00992 e. The van der Waals surface area contributed by atoms with Crippen molar-refractivity contribution >= 4 is 5.57 Å². The minimum absolute atomic E-state index is 0.189. The van der Waals surface area contributed by atoms with E-state index in [1.165, 1.54) is 16.7 Å². The van der Waals surface area contributed by atoms with E-state index in [1.54, 1.807) is 0 Å². The Morgan fingerprint density at radius 3 is 1.77 bits per heavy atom. The standard InChI is InChI=1S/C22H22/c1-2-22(16-9-10-17-22)18-15-21(19-11-5-3-6-12-19)20-13-7-4-8-14-20/h3-17H,2,18H2,1H3. The second-order valence-corrected chi connectivity index (χ2v) is 5.86. The van der Waals surface area contributed by atoms with Gasteiger partial charge in [0.05, 0.1) is 0 Å². The third-order valence-corrected chi connectivity index (χ3v) is 4.48. The Kier molecular flexibility index (Phi) is 4.39. The van der Waals surface area contributed by atoms with Crippen LogP contribution < -0.4 is 0 Å². The second kappa shape index (κ2) is 6.62. The summed E-state index contributed by atoms with van der Waals surface area (Å²) in [6.45, 7) is 2.26. The maximum Gasteiger partial charge on any atom is 0.00992 e. The third kappa shape index (κ3) is 3.12. The molecule has 0 nitrogen and oxygen atoms in total. The maximum absolute atomic E-state index is 2.40. The molecule has 0 fully saturated rings. The molecule has 0 saturated carbocycles. The molecule has 1 aliphatic rings. The molecule has 0 aromatic heterocycles. The molecule has 2 aromatic rings. The molecule has 0 heterocycles. The van der Waals surface area contributed by atoms with E-state index in [0.29, 0.717) is 0 Å². The first-order valence-electron chi connectivity index (χ1n) is 8.01. The predicted molar refractivity (Wildman–Crippen MR) is 95.6 cm³/mol. The highest BCUT2D eigenvalue weighted by Gasteiger charge is 2.22. The van der Waals surface area contributed by atoms with E-state index < -0.39 is 0 Å². The fourth-order valence-electron chi connectivity index (χ4n) is 3.00. The van der Waals surface area contributed by atoms with Crippen molar-refractivity contribution in [1.29, 1.82) is 0 Å². The van der Waals surface area contributed by atoms with Crippen LogP contribution in [0.2, 0.25) is 0 Å². The molecule has 0 saturated heterocycles. The Morgan fingerprint density at radius 2 is 1.32 bits per heavy atom. The highest BCUT2D eigenvalue weighted by atomic mass is 14.3. The number of allylic oxidation sites excluding steroid dienone is 5. The summed E-state index contributed by atoms with van der Waals surface area (Å²) in [7, 11) is 0. The van der Waals surface area contributed by atoms with Crippen LogP contribution in [0, 0.1) is 5.41 Å². The average molecular weight is 286 g/mol. The lowest BCUT2D eigenvalue weighted by Gasteiger charge is -2.22. The van der Waals surface area contributed by atoms with Gasteiger partial charge in [-0.1, -0.05) is 98.0 Å². The van der Waals surface area contributed by atoms with Crippen LogP contribution in [0.25, 0.3) is 5.57 Å². The normalized spacial score (nSPS) is 15.0. The van der Waals surface area contributed by atoms with Crippen LogP contribution in [0.3, 0.4) is 0 Å². The Morgan fingerprint density at radius 1 is 0.818 bits per heavy atom. The SMILES string of the molecule is CCC1(CC=C(c2ccccc2)c2ccccc2)C=CC=C1. The summed E-state index contributed by atoms with van der Waals surface area (Å²) in [5.74, 6) is 0. The van der Waals surface area contributed by atoms with Gasteiger partial charge in [-0.15, -0.1) is 0 Å². The average Bonchev–Trinajstić information content (AvgIpc) is 3.06. The van der Waals surface area contributed by atoms with Crippen molar-refractivity contribution < 1.29 is 0 Å². The van der Waals surface area contributed by atoms with Gasteiger partial charge in [0.1, 0.15) is 0 Å². The molecule has 0 atom stereocenters. The summed E-state index contributed by atoms with van der Waals surface area (Å²) in [6, 6.07) is 21.3. The van der Waals surface area contributed by atoms with Gasteiger partial charge in [0.15, 0.2) is 0 Å². The Labute approximate surface area is 133 Å². The van der Waals surface area contributed by atoms with Gasteiger partial charge in [-0.3, -0.25) is 0 Å². The first-order chi connectivity index (χ1) is 10.8. The van der Waals surface area contributed by atoms with E-state index in [-0.39, 0.29) is 5.41 Å². The quantitative estimate of drug-likeness (QED) is 0.629. The zero-order valence-electron chi connectivity index (χ0n) is 13.1. The van der Waals surface area contributed by atoms with Crippen molar-refractivity contribution in [2.75, 3.05) is 0 Å². The van der Waals surface area contributed by atoms with Crippen LogP contribution >= 0.6 is 0 Å². The van der Waals surface area contributed by atoms with Crippen LogP contribution in [0.1, 0.15) is 30.9 Å². The van der Waals surface area contributed by atoms with Crippen LogP contribution in [-0.2, 0) is 0 Å². The van der Waals surface area contributed by atoms with Crippen molar-refractivity contribution in [2.24, 2.45) is 5.41 Å². The van der Waals surface area contributed by atoms with Crippen LogP contribution in [0.15, 0.2) is 91.0 Å². The molecule has 1 aliphatic carbocycles. The van der Waals surface area contributed by atoms with Crippen molar-refractivity contribution in [1.82, 2.24) is 0 Å². The fraction of sp³-hybridized carbons (Fsp3) is 0.182. The van der Waals surface area contributed by atoms with Crippen LogP contribution in [-0.4, -0.2) is 0 Å². The summed E-state index contributed by atoms with van der Waals surface area (Å²) in [5, 5.41) is 0. The van der Waals surface area contributed by atoms with Gasteiger partial charge < -0.3 is 0 Å². The zero-order chi connectivity index (χ0) is 15.3. The number of hydrogen-bond donors (Lipinski definition) is 0. The fourth-order valence-corrected chi connectivity index (χ4v) is 3.00. The van der Waals surface area contributed by atoms with Gasteiger partial charge in [0, 0.05) is 5.41 Å². The van der Waals surface area contributed by atoms with Crippen LogP contribution in [0.4, 0.5) is 0 Å². The molecule has 22 heavy (non-hydrogen) atoms. The van der Waals surface area contributed by atoms with Gasteiger partial charge in [0.25, 0.3) is 0 Å². The first kappa shape index (κ1) is 14.6. The predicted octanol–water partition coefficient (Wildman–Crippen LogP) is 6.03. The van der Waals surface area contributed by atoms with Crippen molar-refractivity contribution in [3.05, 3.63) is 102 Å². The lowest BCUT2D eigenvalue weighted by molar-refractivity contribution is 0.488. The minimum atomic E-state index is 0.189. The summed E-state index contributed by atoms with van der Waals surface area (Å²) in [5.41, 5.74) is 4.08. The molecule has 0 bridgehead atoms. The number of benzene rings is 2. The highest BCUT2D eigenvalue weighted by molar-refractivity contribution is 5.79. The molecular weight excluding hydrogens is 264 g/mol. The van der Waals surface area contributed by atoms with E-state index in [1.807, 2.05) is 0 Å². The Balaban J connectivity index is 1.97. The molecule has 0 unspecified atom stereocenters. The molecule has 110 valence electrons. The summed E-state index contributed by atoms with van der Waals surface area (Å²) in [6.07, 6.45) is 13.6. The first-order valence-corrected chi connectivity index (χ1v) is 8.01. The molecule has 0 aliphatic heterocycles. The Bertz CT molecular complexity index is 634. The van der Waals surface area contributed by atoms with Gasteiger partial charge in [-0.05, 0) is 29.5 Å². The zero-order valence-corrected chi connectivity index (χ0v) is 13.1. The van der Waals surface area contributed by atoms with Gasteiger partial charge in [-0.25, -0.2) is 0 Å². The molecule has 0 radical (unpaired) electrons. The summed E-state index contributed by atoms with van der Waals surface area (Å²) in [4.78, 5) is 0. The highest BCUT2D eigenvalue weighted by Crippen LogP contribution is 2.36. The van der Waals surface area contributed by atoms with Gasteiger partial charge >= 0.3 is 0 Å². The molecular formula is C22H22. The molecule has 0 N–H and O–H groups in total. The van der Waals surface area contributed by atoms with Crippen molar-refractivity contribution in [3.8, 4) is 0 Å². The molecule has 0 heteroatoms. The second-order valence-electron chi connectivity index (χ2n) is 5.86. The number of hydrogen-bond acceptors (Lipinski definition) is 0. The minimum Gasteiger partial charge on any atom is -0.0749 e. The largest absolute Gasteiger partial charge is 0.0749 e. The lowest BCUT2D eigenvalue weighted by atomic mass is 9.82. The van der Waals surface area contributed by atoms with E-state index >= 15 is 0 Å². The van der Waals surface area contributed by atoms with E-state index in [2.05, 4.69) is 98.0 Å². The Hall–Kier alpha value is -2.34. The lowest BCUT2D eigenvalue weighted by Crippen LogP contribution is -2.10. The van der Waals surface area contributed by atoms with Crippen molar-refractivity contribution in [2.45, 2.75) is 19.8 Å². The van der Waals surface area contributed by atoms with E-state index in [9.17, 15) is 0 Å². The molecule has 0 amide bonds. The topological polar surface area (TPSA) is 0 Å². The maximum atomic E-state index is 2.40. The van der Waals surface area contributed by atoms with E-state index in [4.69, 9.17) is 0 Å². The van der Waals surface area contributed by atoms with Crippen LogP contribution in [0.5, 0.6) is 0 Å². The van der Waals surface area contributed by atoms with Gasteiger partial charge in [-0.2, -0.15) is 0 Å². The summed E-state index contributed by atoms with van der Waals surface area (Å²) >= 11 is 0. The van der Waals surface area contributed by atoms with Crippen molar-refractivity contribution in [3.63, 3.8) is 0 Å². The molecule has 0 spiro atoms.